The Morgan fingerprint density at radius 3 is 2.30 bits per heavy atom. The standard InChI is InChI=1S/C21H21F3O5S/c22-21(23,24)14-5-2-11(3-6-14)7-12-1-4-13-10-29-20(15(13)8-12)19(28)18(27)17(26)16(9-25)30-20/h1-6,8,16-19,25-28H,7,9-10H2/t16-,17-,18+,19-,20+/m1/s1. The summed E-state index contributed by atoms with van der Waals surface area (Å²) < 4.78 is 44.2. The molecular weight excluding hydrogens is 421 g/mol. The van der Waals surface area contributed by atoms with Crippen LogP contribution in [-0.2, 0) is 28.9 Å². The van der Waals surface area contributed by atoms with Gasteiger partial charge in [-0.15, -0.1) is 11.8 Å². The highest BCUT2D eigenvalue weighted by molar-refractivity contribution is 8.00. The van der Waals surface area contributed by atoms with Crippen LogP contribution in [0.25, 0.3) is 0 Å². The van der Waals surface area contributed by atoms with Crippen molar-refractivity contribution in [3.05, 3.63) is 70.3 Å². The molecule has 4 rings (SSSR count). The van der Waals surface area contributed by atoms with Crippen LogP contribution in [0.4, 0.5) is 13.2 Å². The summed E-state index contributed by atoms with van der Waals surface area (Å²) >= 11 is 1.07. The maximum atomic E-state index is 12.8. The van der Waals surface area contributed by atoms with Crippen LogP contribution in [0, 0.1) is 0 Å². The first-order valence-corrected chi connectivity index (χ1v) is 10.3. The third kappa shape index (κ3) is 3.63. The van der Waals surface area contributed by atoms with E-state index in [0.29, 0.717) is 17.5 Å². The first-order chi connectivity index (χ1) is 14.2. The van der Waals surface area contributed by atoms with Gasteiger partial charge in [-0.05, 0) is 35.2 Å². The molecule has 0 amide bonds. The minimum atomic E-state index is -4.39. The van der Waals surface area contributed by atoms with E-state index < -0.39 is 46.8 Å². The fraction of sp³-hybridized carbons (Fsp3) is 0.429. The normalized spacial score (nSPS) is 31.2. The van der Waals surface area contributed by atoms with Crippen molar-refractivity contribution in [3.63, 3.8) is 0 Å². The molecule has 5 nitrogen and oxygen atoms in total. The molecule has 1 fully saturated rings. The molecule has 0 saturated carbocycles. The Morgan fingerprint density at radius 1 is 1.00 bits per heavy atom. The number of ether oxygens (including phenoxy) is 1. The maximum absolute atomic E-state index is 12.8. The van der Waals surface area contributed by atoms with E-state index in [0.717, 1.165) is 35.0 Å². The zero-order chi connectivity index (χ0) is 21.7. The van der Waals surface area contributed by atoms with Gasteiger partial charge in [0, 0.05) is 5.56 Å². The van der Waals surface area contributed by atoms with Gasteiger partial charge >= 0.3 is 6.18 Å². The molecule has 30 heavy (non-hydrogen) atoms. The van der Waals surface area contributed by atoms with E-state index in [1.54, 1.807) is 6.07 Å². The Balaban J connectivity index is 1.63. The van der Waals surface area contributed by atoms with Crippen molar-refractivity contribution < 1.29 is 38.3 Å². The molecule has 2 aromatic rings. The zero-order valence-corrected chi connectivity index (χ0v) is 16.5. The SMILES string of the molecule is OC[C@H]1S[C@]2(OCc3ccc(Cc4ccc(C(F)(F)F)cc4)cc32)[C@H](O)[C@@H](O)[C@@H]1O. The number of aliphatic hydroxyl groups is 4. The van der Waals surface area contributed by atoms with Crippen LogP contribution in [-0.4, -0.2) is 50.6 Å². The second-order valence-electron chi connectivity index (χ2n) is 7.58. The molecule has 0 bridgehead atoms. The quantitative estimate of drug-likeness (QED) is 0.583. The van der Waals surface area contributed by atoms with Gasteiger partial charge in [0.25, 0.3) is 0 Å². The van der Waals surface area contributed by atoms with Crippen LogP contribution in [0.5, 0.6) is 0 Å². The van der Waals surface area contributed by atoms with Gasteiger partial charge in [0.2, 0.25) is 0 Å². The zero-order valence-electron chi connectivity index (χ0n) is 15.7. The van der Waals surface area contributed by atoms with Gasteiger partial charge in [-0.25, -0.2) is 0 Å². The van der Waals surface area contributed by atoms with E-state index in [1.807, 2.05) is 12.1 Å². The second kappa shape index (κ2) is 7.81. The summed E-state index contributed by atoms with van der Waals surface area (Å²) in [6.45, 7) is -0.206. The van der Waals surface area contributed by atoms with E-state index >= 15 is 0 Å². The number of halogens is 3. The van der Waals surface area contributed by atoms with Crippen LogP contribution in [0.3, 0.4) is 0 Å². The minimum absolute atomic E-state index is 0.195. The predicted molar refractivity (Wildman–Crippen MR) is 104 cm³/mol. The molecule has 0 aromatic heterocycles. The molecule has 2 aromatic carbocycles. The van der Waals surface area contributed by atoms with Crippen LogP contribution in [0.1, 0.15) is 27.8 Å². The number of hydrogen-bond donors (Lipinski definition) is 4. The highest BCUT2D eigenvalue weighted by Crippen LogP contribution is 2.54. The van der Waals surface area contributed by atoms with Gasteiger partial charge in [-0.1, -0.05) is 30.3 Å². The average Bonchev–Trinajstić information content (AvgIpc) is 3.08. The van der Waals surface area contributed by atoms with Crippen molar-refractivity contribution in [3.8, 4) is 0 Å². The number of fused-ring (bicyclic) bond motifs is 2. The van der Waals surface area contributed by atoms with E-state index in [9.17, 15) is 33.6 Å². The van der Waals surface area contributed by atoms with E-state index in [2.05, 4.69) is 0 Å². The largest absolute Gasteiger partial charge is 0.416 e. The molecule has 0 aliphatic carbocycles. The molecule has 2 heterocycles. The Kier molecular flexibility index (Phi) is 5.63. The minimum Gasteiger partial charge on any atom is -0.395 e. The van der Waals surface area contributed by atoms with Gasteiger partial charge in [0.1, 0.15) is 12.2 Å². The summed E-state index contributed by atoms with van der Waals surface area (Å²) in [7, 11) is 0. The van der Waals surface area contributed by atoms with Crippen molar-refractivity contribution in [1.29, 1.82) is 0 Å². The molecule has 162 valence electrons. The lowest BCUT2D eigenvalue weighted by molar-refractivity contribution is -0.147. The summed E-state index contributed by atoms with van der Waals surface area (Å²) in [5.74, 6) is 0. The molecule has 5 atom stereocenters. The van der Waals surface area contributed by atoms with Crippen molar-refractivity contribution in [2.75, 3.05) is 6.61 Å². The van der Waals surface area contributed by atoms with Gasteiger partial charge in [0.05, 0.1) is 30.1 Å². The third-order valence-electron chi connectivity index (χ3n) is 5.63. The topological polar surface area (TPSA) is 90.2 Å². The smallest absolute Gasteiger partial charge is 0.395 e. The number of rotatable bonds is 3. The summed E-state index contributed by atoms with van der Waals surface area (Å²) in [6.07, 6.45) is -8.23. The Morgan fingerprint density at radius 2 is 1.67 bits per heavy atom. The monoisotopic (exact) mass is 442 g/mol. The van der Waals surface area contributed by atoms with E-state index in [4.69, 9.17) is 4.74 Å². The highest BCUT2D eigenvalue weighted by Gasteiger charge is 2.57. The lowest BCUT2D eigenvalue weighted by atomic mass is 9.91. The highest BCUT2D eigenvalue weighted by atomic mass is 32.2. The maximum Gasteiger partial charge on any atom is 0.416 e. The average molecular weight is 442 g/mol. The summed E-state index contributed by atoms with van der Waals surface area (Å²) in [5.41, 5.74) is 2.22. The molecule has 9 heteroatoms. The molecule has 2 aliphatic heterocycles. The second-order valence-corrected chi connectivity index (χ2v) is 9.03. The van der Waals surface area contributed by atoms with E-state index in [1.165, 1.54) is 12.1 Å². The number of benzene rings is 2. The molecule has 1 spiro atoms. The molecule has 4 N–H and O–H groups in total. The van der Waals surface area contributed by atoms with Crippen molar-refractivity contribution in [2.45, 2.75) is 47.7 Å². The molecule has 2 aliphatic rings. The van der Waals surface area contributed by atoms with Gasteiger partial charge < -0.3 is 25.2 Å². The number of hydrogen-bond acceptors (Lipinski definition) is 6. The Bertz CT molecular complexity index is 918. The van der Waals surface area contributed by atoms with E-state index in [-0.39, 0.29) is 6.61 Å². The number of aliphatic hydroxyl groups excluding tert-OH is 4. The van der Waals surface area contributed by atoms with Crippen LogP contribution >= 0.6 is 11.8 Å². The van der Waals surface area contributed by atoms with Crippen molar-refractivity contribution >= 4 is 11.8 Å². The lowest BCUT2D eigenvalue weighted by Crippen LogP contribution is -2.58. The van der Waals surface area contributed by atoms with Crippen LogP contribution in [0.15, 0.2) is 42.5 Å². The first-order valence-electron chi connectivity index (χ1n) is 9.41. The number of thioether (sulfide) groups is 1. The summed E-state index contributed by atoms with van der Waals surface area (Å²) in [5, 5.41) is 39.9. The fourth-order valence-corrected chi connectivity index (χ4v) is 5.52. The fourth-order valence-electron chi connectivity index (χ4n) is 3.98. The first kappa shape index (κ1) is 21.6. The van der Waals surface area contributed by atoms with Gasteiger partial charge in [-0.2, -0.15) is 13.2 Å². The molecule has 0 radical (unpaired) electrons. The summed E-state index contributed by atoms with van der Waals surface area (Å²) in [4.78, 5) is -1.34. The number of alkyl halides is 3. The summed E-state index contributed by atoms with van der Waals surface area (Å²) in [6, 6.07) is 10.4. The van der Waals surface area contributed by atoms with Crippen LogP contribution in [0.2, 0.25) is 0 Å². The molecule has 1 saturated heterocycles. The molecule has 0 unspecified atom stereocenters. The van der Waals surface area contributed by atoms with Gasteiger partial charge in [-0.3, -0.25) is 0 Å². The predicted octanol–water partition coefficient (Wildman–Crippen LogP) is 2.17. The van der Waals surface area contributed by atoms with Crippen molar-refractivity contribution in [1.82, 2.24) is 0 Å². The van der Waals surface area contributed by atoms with Crippen molar-refractivity contribution in [2.24, 2.45) is 0 Å². The van der Waals surface area contributed by atoms with Crippen LogP contribution < -0.4 is 0 Å². The van der Waals surface area contributed by atoms with Gasteiger partial charge in [0.15, 0.2) is 4.93 Å². The Labute approximate surface area is 175 Å². The third-order valence-corrected chi connectivity index (χ3v) is 7.29. The Hall–Kier alpha value is -1.62. The molecular formula is C21H21F3O5S. The lowest BCUT2D eigenvalue weighted by Gasteiger charge is -2.45.